The highest BCUT2D eigenvalue weighted by Gasteiger charge is 2.44. The molecule has 1 aromatic heterocycles. The van der Waals surface area contributed by atoms with Crippen molar-refractivity contribution in [1.82, 2.24) is 9.88 Å². The van der Waals surface area contributed by atoms with Crippen LogP contribution in [0.4, 0.5) is 0 Å². The molecule has 144 valence electrons. The lowest BCUT2D eigenvalue weighted by molar-refractivity contribution is -0.137. The Balaban J connectivity index is 1.81. The minimum atomic E-state index is -3.17. The lowest BCUT2D eigenvalue weighted by atomic mass is 10.0. The van der Waals surface area contributed by atoms with Crippen LogP contribution in [0.25, 0.3) is 11.1 Å². The Kier molecular flexibility index (Phi) is 6.33. The van der Waals surface area contributed by atoms with Crippen LogP contribution in [0.1, 0.15) is 12.6 Å². The Morgan fingerprint density at radius 3 is 2.78 bits per heavy atom. The first-order valence-electron chi connectivity index (χ1n) is 8.81. The van der Waals surface area contributed by atoms with Crippen molar-refractivity contribution < 1.29 is 19.0 Å². The first-order valence-corrected chi connectivity index (χ1v) is 11.1. The summed E-state index contributed by atoms with van der Waals surface area (Å²) in [6, 6.07) is 11.4. The van der Waals surface area contributed by atoms with E-state index >= 15 is 0 Å². The molecule has 1 aliphatic heterocycles. The van der Waals surface area contributed by atoms with Crippen molar-refractivity contribution in [1.29, 1.82) is 0 Å². The van der Waals surface area contributed by atoms with Gasteiger partial charge in [0, 0.05) is 42.6 Å². The van der Waals surface area contributed by atoms with Gasteiger partial charge in [0.15, 0.2) is 0 Å². The molecule has 2 unspecified atom stereocenters. The van der Waals surface area contributed by atoms with E-state index in [4.69, 9.17) is 16.1 Å². The molecular weight excluding hydrogens is 387 g/mol. The first-order chi connectivity index (χ1) is 12.9. The lowest BCUT2D eigenvalue weighted by Crippen LogP contribution is -2.44. The summed E-state index contributed by atoms with van der Waals surface area (Å²) in [5, 5.41) is 10.2. The smallest absolute Gasteiger partial charge is 0.317 e. The van der Waals surface area contributed by atoms with Crippen LogP contribution in [0.2, 0.25) is 5.02 Å². The summed E-state index contributed by atoms with van der Waals surface area (Å²) in [7, 11) is -3.17. The quantitative estimate of drug-likeness (QED) is 0.728. The Labute approximate surface area is 163 Å². The second-order valence-corrected chi connectivity index (χ2v) is 9.68. The van der Waals surface area contributed by atoms with Gasteiger partial charge >= 0.3 is 5.97 Å². The Hall–Kier alpha value is -1.72. The van der Waals surface area contributed by atoms with Gasteiger partial charge in [-0.2, -0.15) is 0 Å². The molecule has 2 atom stereocenters. The number of hydrogen-bond donors (Lipinski definition) is 1. The normalized spacial score (nSPS) is 23.3. The van der Waals surface area contributed by atoms with E-state index < -0.39 is 19.0 Å². The number of benzene rings is 1. The van der Waals surface area contributed by atoms with Crippen LogP contribution in [0.3, 0.4) is 0 Å². The van der Waals surface area contributed by atoms with E-state index in [2.05, 4.69) is 4.98 Å². The third kappa shape index (κ3) is 4.58. The summed E-state index contributed by atoms with van der Waals surface area (Å²) >= 11 is 5.97. The highest BCUT2D eigenvalue weighted by molar-refractivity contribution is 7.60. The van der Waals surface area contributed by atoms with Crippen LogP contribution in [-0.4, -0.2) is 52.5 Å². The van der Waals surface area contributed by atoms with Crippen LogP contribution < -0.4 is 0 Å². The van der Waals surface area contributed by atoms with Gasteiger partial charge in [0.25, 0.3) is 0 Å². The van der Waals surface area contributed by atoms with Gasteiger partial charge in [-0.1, -0.05) is 29.8 Å². The lowest BCUT2D eigenvalue weighted by Gasteiger charge is -2.36. The molecule has 0 bridgehead atoms. The summed E-state index contributed by atoms with van der Waals surface area (Å²) in [5.74, 6) is -1.07. The summed E-state index contributed by atoms with van der Waals surface area (Å²) in [5.41, 5.74) is 1.81. The zero-order chi connectivity index (χ0) is 19.4. The van der Waals surface area contributed by atoms with Crippen molar-refractivity contribution in [3.8, 4) is 11.1 Å². The molecule has 1 aliphatic rings. The molecule has 2 heterocycles. The van der Waals surface area contributed by atoms with Gasteiger partial charge in [0.05, 0.1) is 12.3 Å². The van der Waals surface area contributed by atoms with Gasteiger partial charge in [0.1, 0.15) is 5.66 Å². The predicted octanol–water partition coefficient (Wildman–Crippen LogP) is 3.99. The molecule has 27 heavy (non-hydrogen) atoms. The van der Waals surface area contributed by atoms with Crippen molar-refractivity contribution in [3.63, 3.8) is 0 Å². The SMILES string of the molecule is CCOP1(=O)CCN(Cc2ncccc2-c2ccc(Cl)cc2)CC1C(=O)O. The number of rotatable bonds is 6. The van der Waals surface area contributed by atoms with Crippen molar-refractivity contribution >= 4 is 24.9 Å². The number of carboxylic acid groups (broad SMARTS) is 1. The topological polar surface area (TPSA) is 79.7 Å². The van der Waals surface area contributed by atoms with Gasteiger partial charge in [0.2, 0.25) is 7.37 Å². The third-order valence-corrected chi connectivity index (χ3v) is 7.79. The summed E-state index contributed by atoms with van der Waals surface area (Å²) < 4.78 is 18.2. The van der Waals surface area contributed by atoms with Crippen LogP contribution in [0, 0.1) is 0 Å². The molecule has 1 fully saturated rings. The molecule has 1 N–H and O–H groups in total. The molecule has 0 saturated carbocycles. The molecule has 8 heteroatoms. The van der Waals surface area contributed by atoms with Gasteiger partial charge in [-0.25, -0.2) is 0 Å². The van der Waals surface area contributed by atoms with Crippen molar-refractivity contribution in [2.45, 2.75) is 19.1 Å². The fourth-order valence-corrected chi connectivity index (χ4v) is 5.89. The summed E-state index contributed by atoms with van der Waals surface area (Å²) in [4.78, 5) is 18.1. The van der Waals surface area contributed by atoms with Gasteiger partial charge in [-0.3, -0.25) is 19.2 Å². The van der Waals surface area contributed by atoms with E-state index in [9.17, 15) is 14.5 Å². The van der Waals surface area contributed by atoms with E-state index in [1.807, 2.05) is 41.3 Å². The number of carbonyl (C=O) groups is 1. The third-order valence-electron chi connectivity index (χ3n) is 4.69. The highest BCUT2D eigenvalue weighted by Crippen LogP contribution is 2.54. The second kappa shape index (κ2) is 8.53. The van der Waals surface area contributed by atoms with Gasteiger partial charge < -0.3 is 9.63 Å². The Morgan fingerprint density at radius 2 is 2.11 bits per heavy atom. The molecule has 2 aromatic rings. The van der Waals surface area contributed by atoms with Crippen LogP contribution >= 0.6 is 19.0 Å². The maximum Gasteiger partial charge on any atom is 0.317 e. The number of hydrogen-bond acceptors (Lipinski definition) is 5. The second-order valence-electron chi connectivity index (χ2n) is 6.46. The number of carboxylic acids is 1. The first kappa shape index (κ1) is 20.0. The van der Waals surface area contributed by atoms with E-state index in [1.54, 1.807) is 13.1 Å². The largest absolute Gasteiger partial charge is 0.481 e. The highest BCUT2D eigenvalue weighted by atomic mass is 35.5. The summed E-state index contributed by atoms with van der Waals surface area (Å²) in [6.07, 6.45) is 1.96. The fourth-order valence-electron chi connectivity index (χ4n) is 3.33. The van der Waals surface area contributed by atoms with E-state index in [1.165, 1.54) is 0 Å². The predicted molar refractivity (Wildman–Crippen MR) is 105 cm³/mol. The molecular formula is C19H22ClN2O4P. The number of nitrogens with zero attached hydrogens (tertiary/aromatic N) is 2. The average molecular weight is 409 g/mol. The van der Waals surface area contributed by atoms with E-state index in [0.29, 0.717) is 18.1 Å². The number of aliphatic carboxylic acids is 1. The number of pyridine rings is 1. The minimum absolute atomic E-state index is 0.184. The van der Waals surface area contributed by atoms with Gasteiger partial charge in [-0.15, -0.1) is 0 Å². The molecule has 1 aromatic carbocycles. The van der Waals surface area contributed by atoms with Crippen molar-refractivity contribution in [3.05, 3.63) is 53.3 Å². The maximum absolute atomic E-state index is 12.9. The summed E-state index contributed by atoms with van der Waals surface area (Å²) in [6.45, 7) is 3.16. The number of aromatic nitrogens is 1. The van der Waals surface area contributed by atoms with Crippen LogP contribution in [0.15, 0.2) is 42.6 Å². The zero-order valence-electron chi connectivity index (χ0n) is 15.0. The Morgan fingerprint density at radius 1 is 1.37 bits per heavy atom. The molecule has 0 amide bonds. The fraction of sp³-hybridized carbons (Fsp3) is 0.368. The molecule has 0 spiro atoms. The van der Waals surface area contributed by atoms with Crippen LogP contribution in [0.5, 0.6) is 0 Å². The molecule has 0 radical (unpaired) electrons. The van der Waals surface area contributed by atoms with Crippen molar-refractivity contribution in [2.24, 2.45) is 0 Å². The average Bonchev–Trinajstić information content (AvgIpc) is 2.64. The Bertz CT molecular complexity index is 859. The van der Waals surface area contributed by atoms with E-state index in [-0.39, 0.29) is 19.3 Å². The molecule has 3 rings (SSSR count). The van der Waals surface area contributed by atoms with Crippen LogP contribution in [-0.2, 0) is 20.4 Å². The molecule has 6 nitrogen and oxygen atoms in total. The zero-order valence-corrected chi connectivity index (χ0v) is 16.7. The molecule has 1 saturated heterocycles. The monoisotopic (exact) mass is 408 g/mol. The maximum atomic E-state index is 12.9. The number of halogens is 1. The standard InChI is InChI=1S/C19H22ClN2O4P/c1-2-26-27(25)11-10-22(13-18(27)19(23)24)12-17-16(4-3-9-21-17)14-5-7-15(20)8-6-14/h3-9,18H,2,10-13H2,1H3,(H,23,24). The molecule has 0 aliphatic carbocycles. The van der Waals surface area contributed by atoms with E-state index in [0.717, 1.165) is 16.8 Å². The van der Waals surface area contributed by atoms with Crippen molar-refractivity contribution in [2.75, 3.05) is 25.9 Å². The van der Waals surface area contributed by atoms with Gasteiger partial charge in [-0.05, 0) is 30.7 Å². The minimum Gasteiger partial charge on any atom is -0.481 e.